The van der Waals surface area contributed by atoms with Gasteiger partial charge in [-0.3, -0.25) is 0 Å². The summed E-state index contributed by atoms with van der Waals surface area (Å²) in [7, 11) is -2.94. The molecule has 1 aromatic carbocycles. The first kappa shape index (κ1) is 57.3. The highest BCUT2D eigenvalue weighted by atomic mass is 32.2. The van der Waals surface area contributed by atoms with Crippen LogP contribution in [0.15, 0.2) is 49.1 Å². The van der Waals surface area contributed by atoms with Crippen LogP contribution < -0.4 is 4.72 Å². The Morgan fingerprint density at radius 1 is 0.769 bits per heavy atom. The summed E-state index contributed by atoms with van der Waals surface area (Å²) < 4.78 is 30.4. The molecule has 52 heavy (non-hydrogen) atoms. The van der Waals surface area contributed by atoms with E-state index in [1.54, 1.807) is 0 Å². The van der Waals surface area contributed by atoms with Gasteiger partial charge in [-0.2, -0.15) is 0 Å². The molecule has 0 bridgehead atoms. The third-order valence-corrected chi connectivity index (χ3v) is 10.8. The summed E-state index contributed by atoms with van der Waals surface area (Å²) in [6.07, 6.45) is 10.9. The van der Waals surface area contributed by atoms with E-state index in [0.717, 1.165) is 25.9 Å². The Bertz CT molecular complexity index is 1090. The monoisotopic (exact) mass is 752 g/mol. The van der Waals surface area contributed by atoms with Crippen molar-refractivity contribution in [3.8, 4) is 0 Å². The fourth-order valence-electron chi connectivity index (χ4n) is 3.39. The Labute approximate surface area is 328 Å². The summed E-state index contributed by atoms with van der Waals surface area (Å²) in [4.78, 5) is 0. The predicted octanol–water partition coefficient (Wildman–Crippen LogP) is 14.8. The second kappa shape index (κ2) is 28.9. The highest BCUT2D eigenvalue weighted by Gasteiger charge is 2.35. The zero-order valence-corrected chi connectivity index (χ0v) is 39.8. The maximum atomic E-state index is 11.1. The molecule has 1 fully saturated rings. The highest BCUT2D eigenvalue weighted by Crippen LogP contribution is 2.36. The number of rotatable bonds is 13. The number of allylic oxidation sites excluding steroid dienone is 3. The summed E-state index contributed by atoms with van der Waals surface area (Å²) in [6, 6.07) is 8.91. The van der Waals surface area contributed by atoms with Crippen molar-refractivity contribution in [1.82, 2.24) is 4.72 Å². The number of hydrogen-bond donors (Lipinski definition) is 1. The van der Waals surface area contributed by atoms with Crippen molar-refractivity contribution in [1.29, 1.82) is 0 Å². The van der Waals surface area contributed by atoms with Gasteiger partial charge in [0.25, 0.3) is 0 Å². The second-order valence-electron chi connectivity index (χ2n) is 18.7. The van der Waals surface area contributed by atoms with Gasteiger partial charge in [0.15, 0.2) is 0 Å². The fraction of sp³-hybridized carbons (Fsp3) is 0.787. The van der Waals surface area contributed by atoms with Crippen LogP contribution in [-0.4, -0.2) is 32.4 Å². The van der Waals surface area contributed by atoms with Crippen LogP contribution in [0.25, 0.3) is 0 Å². The molecule has 4 nitrogen and oxygen atoms in total. The van der Waals surface area contributed by atoms with Gasteiger partial charge in [-0.1, -0.05) is 167 Å². The summed E-state index contributed by atoms with van der Waals surface area (Å²) in [5.74, 6) is 2.60. The minimum atomic E-state index is -2.94. The topological polar surface area (TPSA) is 55.4 Å². The molecule has 0 saturated heterocycles. The van der Waals surface area contributed by atoms with Crippen molar-refractivity contribution < 1.29 is 13.2 Å². The van der Waals surface area contributed by atoms with E-state index in [-0.39, 0.29) is 11.3 Å². The first-order valence-corrected chi connectivity index (χ1v) is 22.0. The Kier molecular flexibility index (Phi) is 31.9. The summed E-state index contributed by atoms with van der Waals surface area (Å²) >= 11 is 0. The van der Waals surface area contributed by atoms with Gasteiger partial charge in [-0.15, -0.1) is 6.58 Å². The number of nitrogens with one attached hydrogen (secondary N) is 1. The molecular weight excluding hydrogens is 659 g/mol. The van der Waals surface area contributed by atoms with Gasteiger partial charge in [0.1, 0.15) is 0 Å². The molecule has 310 valence electrons. The average molecular weight is 752 g/mol. The van der Waals surface area contributed by atoms with Gasteiger partial charge in [0.05, 0.1) is 18.0 Å². The van der Waals surface area contributed by atoms with Crippen LogP contribution in [0, 0.1) is 28.1 Å². The first-order valence-electron chi connectivity index (χ1n) is 20.5. The summed E-state index contributed by atoms with van der Waals surface area (Å²) in [5.41, 5.74) is 4.06. The minimum absolute atomic E-state index is 0.0330. The van der Waals surface area contributed by atoms with Gasteiger partial charge in [-0.05, 0) is 104 Å². The zero-order valence-electron chi connectivity index (χ0n) is 39.0. The van der Waals surface area contributed by atoms with Crippen LogP contribution in [0.2, 0.25) is 0 Å². The molecule has 1 aliphatic rings. The molecule has 0 atom stereocenters. The van der Waals surface area contributed by atoms with Crippen molar-refractivity contribution in [2.45, 2.75) is 207 Å². The number of hydrogen-bond acceptors (Lipinski definition) is 3. The van der Waals surface area contributed by atoms with Crippen molar-refractivity contribution >= 4 is 10.0 Å². The molecule has 0 radical (unpaired) electrons. The van der Waals surface area contributed by atoms with Gasteiger partial charge in [0, 0.05) is 6.04 Å². The molecule has 0 unspecified atom stereocenters. The van der Waals surface area contributed by atoms with E-state index >= 15 is 0 Å². The summed E-state index contributed by atoms with van der Waals surface area (Å²) in [5, 5.41) is -0.0881. The second-order valence-corrected chi connectivity index (χ2v) is 20.7. The molecule has 1 N–H and O–H groups in total. The lowest BCUT2D eigenvalue weighted by atomic mass is 9.71. The van der Waals surface area contributed by atoms with Crippen molar-refractivity contribution in [2.75, 3.05) is 6.61 Å². The van der Waals surface area contributed by atoms with E-state index in [4.69, 9.17) is 4.74 Å². The third kappa shape index (κ3) is 35.6. The van der Waals surface area contributed by atoms with E-state index < -0.39 is 10.0 Å². The van der Waals surface area contributed by atoms with Crippen LogP contribution in [0.3, 0.4) is 0 Å². The highest BCUT2D eigenvalue weighted by molar-refractivity contribution is 7.90. The van der Waals surface area contributed by atoms with Crippen molar-refractivity contribution in [3.63, 3.8) is 0 Å². The Hall–Kier alpha value is -1.43. The molecular formula is C47H93NO3S. The molecule has 1 aromatic rings. The van der Waals surface area contributed by atoms with E-state index in [1.807, 2.05) is 33.8 Å². The zero-order chi connectivity index (χ0) is 42.1. The van der Waals surface area contributed by atoms with Crippen molar-refractivity contribution in [2.24, 2.45) is 28.1 Å². The fourth-order valence-corrected chi connectivity index (χ4v) is 4.99. The maximum absolute atomic E-state index is 11.1. The largest absolute Gasteiger partial charge is 0.378 e. The molecule has 2 rings (SSSR count). The number of benzene rings is 1. The Balaban J connectivity index is -0.000000283. The standard InChI is InChI=1S/C14H28O.C12H18.C8H18.C6H13NO2S.C5H10.C2H6/c1-12(2)9-7-8-10-14(5,6)11-15-13(3)4;1-9(2)11-6-5-7-12(8-11)10(3)4;1-7(2,3)8(4,5)6;1-5(2)7-10(8,9)6-3-4-6;1-4-5(2)3;1-2/h7,9,12-13H,8,10-11H2,1-6H3;5-10H,1-4H3;1-6H3;5-7H,3-4H2,1-2H3;4-5H,1H2,2-3H3;1-2H3/b9-7+;;;;;. The number of ether oxygens (including phenoxy) is 1. The molecule has 0 spiro atoms. The normalized spacial score (nSPS) is 13.4. The van der Waals surface area contributed by atoms with Gasteiger partial charge < -0.3 is 4.74 Å². The SMILES string of the molecule is C=CC(C)C.CC.CC(C)(C)C(C)(C)C.CC(C)/C=C/CCC(C)(C)COC(C)C.CC(C)NS(=O)(=O)C1CC1.CC(C)c1cccc(C(C)C)c1. The molecule has 0 aliphatic heterocycles. The van der Waals surface area contributed by atoms with E-state index in [1.165, 1.54) is 17.5 Å². The molecule has 0 aromatic heterocycles. The van der Waals surface area contributed by atoms with Crippen LogP contribution in [0.1, 0.15) is 201 Å². The quantitative estimate of drug-likeness (QED) is 0.204. The van der Waals surface area contributed by atoms with E-state index in [0.29, 0.717) is 46.0 Å². The lowest BCUT2D eigenvalue weighted by molar-refractivity contribution is 0.0186. The van der Waals surface area contributed by atoms with Crippen LogP contribution in [-0.2, 0) is 14.8 Å². The van der Waals surface area contributed by atoms with Gasteiger partial charge in [0.2, 0.25) is 10.0 Å². The van der Waals surface area contributed by atoms with E-state index in [9.17, 15) is 8.42 Å². The predicted molar refractivity (Wildman–Crippen MR) is 238 cm³/mol. The lowest BCUT2D eigenvalue weighted by Crippen LogP contribution is -2.32. The molecule has 0 amide bonds. The third-order valence-electron chi connectivity index (χ3n) is 8.64. The smallest absolute Gasteiger partial charge is 0.214 e. The van der Waals surface area contributed by atoms with Gasteiger partial charge >= 0.3 is 0 Å². The van der Waals surface area contributed by atoms with Crippen LogP contribution in [0.4, 0.5) is 0 Å². The minimum Gasteiger partial charge on any atom is -0.378 e. The Morgan fingerprint density at radius 3 is 1.44 bits per heavy atom. The van der Waals surface area contributed by atoms with E-state index in [2.05, 4.69) is 172 Å². The van der Waals surface area contributed by atoms with Crippen LogP contribution >= 0.6 is 0 Å². The molecule has 0 heterocycles. The number of sulfonamides is 1. The first-order chi connectivity index (χ1) is 23.5. The van der Waals surface area contributed by atoms with Crippen LogP contribution in [0.5, 0.6) is 0 Å². The molecule has 1 aliphatic carbocycles. The van der Waals surface area contributed by atoms with Crippen molar-refractivity contribution in [3.05, 3.63) is 60.2 Å². The molecule has 1 saturated carbocycles. The summed E-state index contributed by atoms with van der Waals surface area (Å²) in [6.45, 7) is 52.0. The lowest BCUT2D eigenvalue weighted by Gasteiger charge is -2.34. The van der Waals surface area contributed by atoms with Gasteiger partial charge in [-0.25, -0.2) is 13.1 Å². The average Bonchev–Trinajstić information content (AvgIpc) is 3.86. The Morgan fingerprint density at radius 2 is 1.17 bits per heavy atom. The maximum Gasteiger partial charge on any atom is 0.214 e. The molecule has 5 heteroatoms.